The van der Waals surface area contributed by atoms with Crippen LogP contribution in [0.25, 0.3) is 6.08 Å². The van der Waals surface area contributed by atoms with E-state index in [1.54, 1.807) is 36.4 Å². The Morgan fingerprint density at radius 1 is 1.17 bits per heavy atom. The predicted molar refractivity (Wildman–Crippen MR) is 88.9 cm³/mol. The molecule has 0 aliphatic carbocycles. The number of benzene rings is 2. The number of non-ortho nitro benzene ring substituents is 1. The fraction of sp³-hybridized carbons (Fsp3) is 0.0588. The van der Waals surface area contributed by atoms with Crippen LogP contribution in [0, 0.1) is 10.1 Å². The van der Waals surface area contributed by atoms with E-state index < -0.39 is 10.8 Å². The zero-order valence-electron chi connectivity index (χ0n) is 12.6. The summed E-state index contributed by atoms with van der Waals surface area (Å²) in [5.74, 6) is -0.842. The fourth-order valence-corrected chi connectivity index (χ4v) is 1.95. The fourth-order valence-electron chi connectivity index (χ4n) is 1.95. The molecule has 2 rings (SSSR count). The molecule has 0 unspecified atom stereocenters. The SMILES string of the molecule is NC(=O)c1ccc(CNC(=O)/C=C/c2cccc([N+](=O)[O-])c2)cc1. The smallest absolute Gasteiger partial charge is 0.270 e. The van der Waals surface area contributed by atoms with E-state index in [0.29, 0.717) is 11.1 Å². The average molecular weight is 325 g/mol. The summed E-state index contributed by atoms with van der Waals surface area (Å²) < 4.78 is 0. The standard InChI is InChI=1S/C17H15N3O4/c18-17(22)14-7-4-13(5-8-14)11-19-16(21)9-6-12-2-1-3-15(10-12)20(23)24/h1-10H,11H2,(H2,18,22)(H,19,21)/b9-6+. The Morgan fingerprint density at radius 2 is 1.88 bits per heavy atom. The number of hydrogen-bond acceptors (Lipinski definition) is 4. The second kappa shape index (κ2) is 7.68. The number of nitro groups is 1. The van der Waals surface area contributed by atoms with Crippen LogP contribution in [0.5, 0.6) is 0 Å². The molecule has 3 N–H and O–H groups in total. The van der Waals surface area contributed by atoms with Gasteiger partial charge in [0.15, 0.2) is 0 Å². The van der Waals surface area contributed by atoms with Gasteiger partial charge in [-0.1, -0.05) is 24.3 Å². The van der Waals surface area contributed by atoms with Gasteiger partial charge in [-0.05, 0) is 29.3 Å². The number of carbonyl (C=O) groups excluding carboxylic acids is 2. The topological polar surface area (TPSA) is 115 Å². The molecule has 0 atom stereocenters. The third-order valence-electron chi connectivity index (χ3n) is 3.21. The largest absolute Gasteiger partial charge is 0.366 e. The predicted octanol–water partition coefficient (Wildman–Crippen LogP) is 2.02. The second-order valence-corrected chi connectivity index (χ2v) is 4.96. The molecule has 0 spiro atoms. The summed E-state index contributed by atoms with van der Waals surface area (Å²) >= 11 is 0. The molecule has 2 aromatic carbocycles. The van der Waals surface area contributed by atoms with Crippen molar-refractivity contribution in [3.8, 4) is 0 Å². The van der Waals surface area contributed by atoms with Crippen molar-refractivity contribution in [2.24, 2.45) is 5.73 Å². The lowest BCUT2D eigenvalue weighted by Gasteiger charge is -2.03. The molecule has 0 bridgehead atoms. The minimum atomic E-state index is -0.509. The molecule has 2 aromatic rings. The third-order valence-corrected chi connectivity index (χ3v) is 3.21. The van der Waals surface area contributed by atoms with Crippen molar-refractivity contribution < 1.29 is 14.5 Å². The van der Waals surface area contributed by atoms with Crippen LogP contribution in [0.15, 0.2) is 54.6 Å². The first-order chi connectivity index (χ1) is 11.5. The Labute approximate surface area is 137 Å². The highest BCUT2D eigenvalue weighted by molar-refractivity contribution is 5.93. The molecule has 24 heavy (non-hydrogen) atoms. The zero-order chi connectivity index (χ0) is 17.5. The minimum absolute atomic E-state index is 0.0351. The van der Waals surface area contributed by atoms with Gasteiger partial charge in [-0.2, -0.15) is 0 Å². The second-order valence-electron chi connectivity index (χ2n) is 4.96. The molecule has 0 radical (unpaired) electrons. The number of amides is 2. The summed E-state index contributed by atoms with van der Waals surface area (Å²) in [7, 11) is 0. The van der Waals surface area contributed by atoms with Crippen molar-refractivity contribution in [1.29, 1.82) is 0 Å². The highest BCUT2D eigenvalue weighted by atomic mass is 16.6. The Kier molecular flexibility index (Phi) is 5.40. The van der Waals surface area contributed by atoms with Gasteiger partial charge in [-0.15, -0.1) is 0 Å². The monoisotopic (exact) mass is 325 g/mol. The number of rotatable bonds is 6. The van der Waals surface area contributed by atoms with Gasteiger partial charge in [0.05, 0.1) is 4.92 Å². The van der Waals surface area contributed by atoms with Gasteiger partial charge in [0.1, 0.15) is 0 Å². The van der Waals surface area contributed by atoms with Crippen LogP contribution >= 0.6 is 0 Å². The van der Waals surface area contributed by atoms with Crippen molar-refractivity contribution in [3.05, 3.63) is 81.4 Å². The molecule has 7 heteroatoms. The number of nitrogens with zero attached hydrogens (tertiary/aromatic N) is 1. The van der Waals surface area contributed by atoms with E-state index in [9.17, 15) is 19.7 Å². The van der Waals surface area contributed by atoms with E-state index in [0.717, 1.165) is 5.56 Å². The molecule has 2 amide bonds. The van der Waals surface area contributed by atoms with Gasteiger partial charge in [0, 0.05) is 30.3 Å². The maximum Gasteiger partial charge on any atom is 0.270 e. The van der Waals surface area contributed by atoms with Gasteiger partial charge in [-0.3, -0.25) is 19.7 Å². The summed E-state index contributed by atoms with van der Waals surface area (Å²) in [6, 6.07) is 12.6. The number of primary amides is 1. The average Bonchev–Trinajstić information content (AvgIpc) is 2.58. The lowest BCUT2D eigenvalue weighted by molar-refractivity contribution is -0.384. The van der Waals surface area contributed by atoms with Gasteiger partial charge in [0.2, 0.25) is 11.8 Å². The Bertz CT molecular complexity index is 798. The van der Waals surface area contributed by atoms with E-state index >= 15 is 0 Å². The third kappa shape index (κ3) is 4.77. The van der Waals surface area contributed by atoms with Crippen LogP contribution in [0.4, 0.5) is 5.69 Å². The Balaban J connectivity index is 1.92. The molecule has 0 aliphatic rings. The van der Waals surface area contributed by atoms with E-state index in [-0.39, 0.29) is 18.1 Å². The van der Waals surface area contributed by atoms with Crippen molar-refractivity contribution in [2.45, 2.75) is 6.54 Å². The lowest BCUT2D eigenvalue weighted by Crippen LogP contribution is -2.20. The molecule has 0 saturated heterocycles. The molecule has 7 nitrogen and oxygen atoms in total. The summed E-state index contributed by atoms with van der Waals surface area (Å²) in [5.41, 5.74) is 6.89. The van der Waals surface area contributed by atoms with Crippen LogP contribution in [-0.2, 0) is 11.3 Å². The lowest BCUT2D eigenvalue weighted by atomic mass is 10.1. The zero-order valence-corrected chi connectivity index (χ0v) is 12.6. The molecular weight excluding hydrogens is 310 g/mol. The van der Waals surface area contributed by atoms with Gasteiger partial charge in [-0.25, -0.2) is 0 Å². The van der Waals surface area contributed by atoms with E-state index in [4.69, 9.17) is 5.73 Å². The summed E-state index contributed by atoms with van der Waals surface area (Å²) in [6.45, 7) is 0.289. The van der Waals surface area contributed by atoms with Crippen LogP contribution in [-0.4, -0.2) is 16.7 Å². The molecule has 122 valence electrons. The van der Waals surface area contributed by atoms with Crippen LogP contribution < -0.4 is 11.1 Å². The number of nitrogens with two attached hydrogens (primary N) is 1. The van der Waals surface area contributed by atoms with Crippen molar-refractivity contribution in [2.75, 3.05) is 0 Å². The molecule has 0 aromatic heterocycles. The van der Waals surface area contributed by atoms with Gasteiger partial charge >= 0.3 is 0 Å². The minimum Gasteiger partial charge on any atom is -0.366 e. The van der Waals surface area contributed by atoms with E-state index in [2.05, 4.69) is 5.32 Å². The van der Waals surface area contributed by atoms with Crippen LogP contribution in [0.1, 0.15) is 21.5 Å². The highest BCUT2D eigenvalue weighted by Gasteiger charge is 2.04. The summed E-state index contributed by atoms with van der Waals surface area (Å²) in [4.78, 5) is 32.9. The molecular formula is C17H15N3O4. The quantitative estimate of drug-likeness (QED) is 0.480. The summed E-state index contributed by atoms with van der Waals surface area (Å²) in [6.07, 6.45) is 2.80. The number of nitro benzene ring substituents is 1. The first kappa shape index (κ1) is 16.9. The number of nitrogens with one attached hydrogen (secondary N) is 1. The Hall–Kier alpha value is -3.48. The normalized spacial score (nSPS) is 10.5. The summed E-state index contributed by atoms with van der Waals surface area (Å²) in [5, 5.41) is 13.4. The van der Waals surface area contributed by atoms with Crippen molar-refractivity contribution >= 4 is 23.6 Å². The number of hydrogen-bond donors (Lipinski definition) is 2. The van der Waals surface area contributed by atoms with E-state index in [1.807, 2.05) is 0 Å². The highest BCUT2D eigenvalue weighted by Crippen LogP contribution is 2.14. The van der Waals surface area contributed by atoms with E-state index in [1.165, 1.54) is 24.3 Å². The first-order valence-corrected chi connectivity index (χ1v) is 7.05. The Morgan fingerprint density at radius 3 is 2.50 bits per heavy atom. The van der Waals surface area contributed by atoms with Crippen molar-refractivity contribution in [3.63, 3.8) is 0 Å². The molecule has 0 heterocycles. The molecule has 0 aliphatic heterocycles. The van der Waals surface area contributed by atoms with Crippen molar-refractivity contribution in [1.82, 2.24) is 5.32 Å². The molecule has 0 fully saturated rings. The van der Waals surface area contributed by atoms with Crippen LogP contribution in [0.2, 0.25) is 0 Å². The maximum absolute atomic E-state index is 11.8. The van der Waals surface area contributed by atoms with Crippen LogP contribution in [0.3, 0.4) is 0 Å². The number of carbonyl (C=O) groups is 2. The van der Waals surface area contributed by atoms with Gasteiger partial charge in [0.25, 0.3) is 5.69 Å². The maximum atomic E-state index is 11.8. The van der Waals surface area contributed by atoms with Gasteiger partial charge < -0.3 is 11.1 Å². The molecule has 0 saturated carbocycles. The first-order valence-electron chi connectivity index (χ1n) is 7.05.